The van der Waals surface area contributed by atoms with Crippen LogP contribution in [0.3, 0.4) is 0 Å². The molecule has 2 saturated heterocycles. The van der Waals surface area contributed by atoms with Crippen LogP contribution >= 0.6 is 11.3 Å². The number of piperidine rings is 1. The third-order valence-corrected chi connectivity index (χ3v) is 5.83. The minimum atomic E-state index is -0.152. The summed E-state index contributed by atoms with van der Waals surface area (Å²) in [4.78, 5) is 19.6. The Morgan fingerprint density at radius 3 is 2.92 bits per heavy atom. The number of thiophene rings is 1. The van der Waals surface area contributed by atoms with Gasteiger partial charge < -0.3 is 14.2 Å². The molecule has 1 amide bonds. The van der Waals surface area contributed by atoms with Crippen LogP contribution in [0.15, 0.2) is 28.1 Å². The molecule has 2 fully saturated rings. The van der Waals surface area contributed by atoms with E-state index in [1.165, 1.54) is 0 Å². The van der Waals surface area contributed by atoms with Crippen LogP contribution in [0.25, 0.3) is 6.08 Å². The molecule has 0 aromatic carbocycles. The second kappa shape index (κ2) is 6.72. The molecule has 0 saturated carbocycles. The van der Waals surface area contributed by atoms with E-state index < -0.39 is 0 Å². The van der Waals surface area contributed by atoms with E-state index in [1.807, 2.05) is 35.4 Å². The molecular formula is C18H21N3O3S. The predicted octanol–water partition coefficient (Wildman–Crippen LogP) is 3.37. The van der Waals surface area contributed by atoms with Crippen molar-refractivity contribution < 1.29 is 14.1 Å². The molecule has 0 bridgehead atoms. The zero-order chi connectivity index (χ0) is 17.3. The number of carbonyl (C=O) groups is 1. The molecule has 25 heavy (non-hydrogen) atoms. The first-order chi connectivity index (χ1) is 12.1. The number of hydrogen-bond donors (Lipinski definition) is 0. The van der Waals surface area contributed by atoms with E-state index in [2.05, 4.69) is 10.1 Å². The summed E-state index contributed by atoms with van der Waals surface area (Å²) in [6.45, 7) is 3.26. The summed E-state index contributed by atoms with van der Waals surface area (Å²) in [7, 11) is 0. The standard InChI is InChI=1S/C18H21N3O3S/c1-13-19-17(24-20-13)15-6-7-18(23-15)8-10-21(11-9-18)16(22)5-4-14-3-2-12-25-14/h2-5,12,15H,6-11H2,1H3/b5-4+/t15-/m0/s1. The lowest BCUT2D eigenvalue weighted by Gasteiger charge is -2.38. The average Bonchev–Trinajstić information content (AvgIpc) is 3.35. The quantitative estimate of drug-likeness (QED) is 0.786. The Balaban J connectivity index is 1.33. The maximum absolute atomic E-state index is 12.4. The summed E-state index contributed by atoms with van der Waals surface area (Å²) in [5.74, 6) is 1.29. The number of amides is 1. The summed E-state index contributed by atoms with van der Waals surface area (Å²) >= 11 is 1.63. The first kappa shape index (κ1) is 16.5. The van der Waals surface area contributed by atoms with Crippen LogP contribution in [0, 0.1) is 6.92 Å². The summed E-state index contributed by atoms with van der Waals surface area (Å²) in [6, 6.07) is 3.99. The third-order valence-electron chi connectivity index (χ3n) is 4.99. The van der Waals surface area contributed by atoms with Gasteiger partial charge in [-0.25, -0.2) is 0 Å². The number of aryl methyl sites for hydroxylation is 1. The predicted molar refractivity (Wildman–Crippen MR) is 94.0 cm³/mol. The summed E-state index contributed by atoms with van der Waals surface area (Å²) in [6.07, 6.45) is 7.03. The van der Waals surface area contributed by atoms with E-state index in [-0.39, 0.29) is 17.6 Å². The molecule has 1 spiro atoms. The lowest BCUT2D eigenvalue weighted by atomic mass is 9.88. The van der Waals surface area contributed by atoms with Gasteiger partial charge in [-0.2, -0.15) is 4.98 Å². The van der Waals surface area contributed by atoms with E-state index in [1.54, 1.807) is 17.4 Å². The van der Waals surface area contributed by atoms with Crippen molar-refractivity contribution in [2.75, 3.05) is 13.1 Å². The van der Waals surface area contributed by atoms with Crippen LogP contribution < -0.4 is 0 Å². The number of rotatable bonds is 3. The molecule has 2 aliphatic heterocycles. The molecule has 0 radical (unpaired) electrons. The fourth-order valence-electron chi connectivity index (χ4n) is 3.58. The van der Waals surface area contributed by atoms with Crippen molar-refractivity contribution in [1.29, 1.82) is 0 Å². The van der Waals surface area contributed by atoms with Gasteiger partial charge in [0.15, 0.2) is 5.82 Å². The van der Waals surface area contributed by atoms with Crippen molar-refractivity contribution in [1.82, 2.24) is 15.0 Å². The maximum atomic E-state index is 12.4. The van der Waals surface area contributed by atoms with Crippen LogP contribution in [-0.2, 0) is 9.53 Å². The second-order valence-corrected chi connectivity index (χ2v) is 7.66. The van der Waals surface area contributed by atoms with Gasteiger partial charge in [0.2, 0.25) is 5.91 Å². The van der Waals surface area contributed by atoms with Gasteiger partial charge in [0.1, 0.15) is 6.10 Å². The SMILES string of the molecule is Cc1noc([C@@H]2CCC3(CCN(C(=O)/C=C/c4cccs4)CC3)O2)n1. The number of likely N-dealkylation sites (tertiary alicyclic amines) is 1. The molecule has 132 valence electrons. The van der Waals surface area contributed by atoms with Crippen molar-refractivity contribution in [2.24, 2.45) is 0 Å². The van der Waals surface area contributed by atoms with E-state index >= 15 is 0 Å². The van der Waals surface area contributed by atoms with Gasteiger partial charge in [0, 0.05) is 24.0 Å². The molecule has 2 aromatic heterocycles. The van der Waals surface area contributed by atoms with E-state index in [0.717, 1.165) is 43.6 Å². The molecule has 2 aliphatic rings. The molecule has 4 rings (SSSR count). The molecule has 7 heteroatoms. The van der Waals surface area contributed by atoms with Crippen molar-refractivity contribution in [2.45, 2.75) is 44.3 Å². The van der Waals surface area contributed by atoms with Crippen molar-refractivity contribution in [3.63, 3.8) is 0 Å². The fraction of sp³-hybridized carbons (Fsp3) is 0.500. The number of carbonyl (C=O) groups excluding carboxylic acids is 1. The first-order valence-electron chi connectivity index (χ1n) is 8.62. The molecule has 4 heterocycles. The zero-order valence-electron chi connectivity index (χ0n) is 14.2. The Labute approximate surface area is 150 Å². The molecular weight excluding hydrogens is 338 g/mol. The van der Waals surface area contributed by atoms with Crippen LogP contribution in [0.4, 0.5) is 0 Å². The van der Waals surface area contributed by atoms with Gasteiger partial charge in [-0.3, -0.25) is 4.79 Å². The lowest BCUT2D eigenvalue weighted by molar-refractivity contribution is -0.133. The van der Waals surface area contributed by atoms with Gasteiger partial charge in [0.25, 0.3) is 5.89 Å². The molecule has 0 N–H and O–H groups in total. The third kappa shape index (κ3) is 3.52. The Morgan fingerprint density at radius 1 is 1.40 bits per heavy atom. The number of nitrogens with zero attached hydrogens (tertiary/aromatic N) is 3. The molecule has 0 unspecified atom stereocenters. The molecule has 1 atom stereocenters. The molecule has 2 aromatic rings. The Morgan fingerprint density at radius 2 is 2.24 bits per heavy atom. The van der Waals surface area contributed by atoms with Gasteiger partial charge in [-0.15, -0.1) is 11.3 Å². The summed E-state index contributed by atoms with van der Waals surface area (Å²) < 4.78 is 11.5. The van der Waals surface area contributed by atoms with Crippen molar-refractivity contribution in [3.8, 4) is 0 Å². The van der Waals surface area contributed by atoms with Crippen LogP contribution in [0.2, 0.25) is 0 Å². The number of hydrogen-bond acceptors (Lipinski definition) is 6. The Kier molecular flexibility index (Phi) is 4.43. The summed E-state index contributed by atoms with van der Waals surface area (Å²) in [5.41, 5.74) is -0.152. The van der Waals surface area contributed by atoms with Crippen molar-refractivity contribution >= 4 is 23.3 Å². The van der Waals surface area contributed by atoms with Gasteiger partial charge in [-0.05, 0) is 50.1 Å². The highest BCUT2D eigenvalue weighted by Crippen LogP contribution is 2.44. The molecule has 0 aliphatic carbocycles. The lowest BCUT2D eigenvalue weighted by Crippen LogP contribution is -2.46. The number of aromatic nitrogens is 2. The minimum Gasteiger partial charge on any atom is -0.362 e. The van der Waals surface area contributed by atoms with Gasteiger partial charge in [0.05, 0.1) is 5.60 Å². The monoisotopic (exact) mass is 359 g/mol. The van der Waals surface area contributed by atoms with E-state index in [0.29, 0.717) is 11.7 Å². The Bertz CT molecular complexity index is 760. The highest BCUT2D eigenvalue weighted by atomic mass is 32.1. The van der Waals surface area contributed by atoms with Gasteiger partial charge >= 0.3 is 0 Å². The summed E-state index contributed by atoms with van der Waals surface area (Å²) in [5, 5.41) is 5.85. The fourth-order valence-corrected chi connectivity index (χ4v) is 4.20. The van der Waals surface area contributed by atoms with E-state index in [4.69, 9.17) is 9.26 Å². The van der Waals surface area contributed by atoms with Crippen LogP contribution in [0.1, 0.15) is 48.4 Å². The molecule has 6 nitrogen and oxygen atoms in total. The highest BCUT2D eigenvalue weighted by Gasteiger charge is 2.45. The largest absolute Gasteiger partial charge is 0.362 e. The maximum Gasteiger partial charge on any atom is 0.255 e. The highest BCUT2D eigenvalue weighted by molar-refractivity contribution is 7.10. The van der Waals surface area contributed by atoms with E-state index in [9.17, 15) is 4.79 Å². The number of ether oxygens (including phenoxy) is 1. The van der Waals surface area contributed by atoms with Crippen LogP contribution in [-0.4, -0.2) is 39.6 Å². The first-order valence-corrected chi connectivity index (χ1v) is 9.50. The minimum absolute atomic E-state index is 0.0744. The van der Waals surface area contributed by atoms with Gasteiger partial charge in [-0.1, -0.05) is 11.2 Å². The van der Waals surface area contributed by atoms with Crippen LogP contribution in [0.5, 0.6) is 0 Å². The average molecular weight is 359 g/mol. The Hall–Kier alpha value is -1.99. The normalized spacial score (nSPS) is 22.9. The zero-order valence-corrected chi connectivity index (χ0v) is 15.0. The smallest absolute Gasteiger partial charge is 0.255 e. The van der Waals surface area contributed by atoms with Crippen molar-refractivity contribution in [3.05, 3.63) is 40.2 Å². The topological polar surface area (TPSA) is 68.5 Å². The second-order valence-electron chi connectivity index (χ2n) is 6.68.